The first-order valence-electron chi connectivity index (χ1n) is 9.60. The first kappa shape index (κ1) is 26.9. The number of hydrogen-bond donors (Lipinski definition) is 0. The first-order valence-corrected chi connectivity index (χ1v) is 11.9. The van der Waals surface area contributed by atoms with Gasteiger partial charge in [-0.1, -0.05) is 25.7 Å². The molecule has 156 valence electrons. The van der Waals surface area contributed by atoms with Crippen LogP contribution in [0.2, 0.25) is 0 Å². The lowest BCUT2D eigenvalue weighted by atomic mass is 10.0. The van der Waals surface area contributed by atoms with Gasteiger partial charge < -0.3 is 4.74 Å². The molecule has 0 aromatic carbocycles. The van der Waals surface area contributed by atoms with Crippen molar-refractivity contribution in [3.63, 3.8) is 0 Å². The van der Waals surface area contributed by atoms with Crippen LogP contribution in [0.3, 0.4) is 0 Å². The summed E-state index contributed by atoms with van der Waals surface area (Å²) in [5.74, 6) is 0.324. The topological polar surface area (TPSA) is 26.3 Å². The van der Waals surface area contributed by atoms with Crippen LogP contribution in [0.25, 0.3) is 0 Å². The SMILES string of the molecule is COC(=O)C(Cl)CCC(Cl)CCCCCC(Cl)CCC(Cl)CCCCCl. The number of hydrogen-bond acceptors (Lipinski definition) is 2. The molecule has 0 aromatic rings. The predicted octanol–water partition coefficient (Wildman–Crippen LogP) is 7.51. The highest BCUT2D eigenvalue weighted by atomic mass is 35.5. The van der Waals surface area contributed by atoms with Gasteiger partial charge in [0.1, 0.15) is 5.38 Å². The van der Waals surface area contributed by atoms with Crippen LogP contribution in [-0.4, -0.2) is 40.5 Å². The van der Waals surface area contributed by atoms with E-state index in [4.69, 9.17) is 58.0 Å². The molecular weight excluding hydrogens is 437 g/mol. The molecule has 0 saturated carbocycles. The normalized spacial score (nSPS) is 16.1. The number of methoxy groups -OCH3 is 1. The van der Waals surface area contributed by atoms with Crippen molar-refractivity contribution in [1.29, 1.82) is 0 Å². The fourth-order valence-corrected chi connectivity index (χ4v) is 3.98. The standard InChI is InChI=1S/C19H33Cl5O2/c1-26-19(25)18(24)13-12-17(23)8-4-2-3-7-15(21)10-11-16(22)9-5-6-14-20/h15-18H,2-14H2,1H3. The molecule has 4 unspecified atom stereocenters. The van der Waals surface area contributed by atoms with Gasteiger partial charge in [-0.15, -0.1) is 58.0 Å². The molecule has 0 aliphatic carbocycles. The number of rotatable bonds is 17. The van der Waals surface area contributed by atoms with Crippen molar-refractivity contribution in [2.45, 2.75) is 98.6 Å². The molecule has 0 spiro atoms. The Morgan fingerprint density at radius 2 is 1.12 bits per heavy atom. The molecule has 2 nitrogen and oxygen atoms in total. The summed E-state index contributed by atoms with van der Waals surface area (Å²) in [5.41, 5.74) is 0. The number of carbonyl (C=O) groups excluding carboxylic acids is 1. The summed E-state index contributed by atoms with van der Waals surface area (Å²) in [6, 6.07) is 0. The Hall–Kier alpha value is 0.920. The molecule has 7 heteroatoms. The second-order valence-electron chi connectivity index (χ2n) is 6.76. The van der Waals surface area contributed by atoms with Crippen molar-refractivity contribution in [2.24, 2.45) is 0 Å². The quantitative estimate of drug-likeness (QED) is 0.125. The van der Waals surface area contributed by atoms with Gasteiger partial charge in [0.15, 0.2) is 0 Å². The van der Waals surface area contributed by atoms with Crippen molar-refractivity contribution in [1.82, 2.24) is 0 Å². The lowest BCUT2D eigenvalue weighted by molar-refractivity contribution is -0.140. The van der Waals surface area contributed by atoms with E-state index < -0.39 is 5.38 Å². The van der Waals surface area contributed by atoms with Gasteiger partial charge in [0.05, 0.1) is 7.11 Å². The van der Waals surface area contributed by atoms with Crippen molar-refractivity contribution < 1.29 is 9.53 Å². The predicted molar refractivity (Wildman–Crippen MR) is 117 cm³/mol. The number of unbranched alkanes of at least 4 members (excludes halogenated alkanes) is 3. The van der Waals surface area contributed by atoms with E-state index in [1.807, 2.05) is 0 Å². The van der Waals surface area contributed by atoms with E-state index in [0.717, 1.165) is 70.6 Å². The highest BCUT2D eigenvalue weighted by Crippen LogP contribution is 2.22. The molecule has 0 aromatic heterocycles. The smallest absolute Gasteiger partial charge is 0.323 e. The van der Waals surface area contributed by atoms with Gasteiger partial charge in [0.2, 0.25) is 0 Å². The van der Waals surface area contributed by atoms with Crippen LogP contribution < -0.4 is 0 Å². The van der Waals surface area contributed by atoms with E-state index in [9.17, 15) is 4.79 Å². The second kappa shape index (κ2) is 18.0. The maximum absolute atomic E-state index is 11.2. The fraction of sp³-hybridized carbons (Fsp3) is 0.947. The van der Waals surface area contributed by atoms with E-state index in [1.54, 1.807) is 0 Å². The van der Waals surface area contributed by atoms with Crippen LogP contribution in [0.15, 0.2) is 0 Å². The first-order chi connectivity index (χ1) is 12.4. The van der Waals surface area contributed by atoms with E-state index in [2.05, 4.69) is 4.74 Å². The maximum atomic E-state index is 11.2. The van der Waals surface area contributed by atoms with Crippen LogP contribution in [0, 0.1) is 0 Å². The molecule has 0 amide bonds. The molecule has 0 N–H and O–H groups in total. The van der Waals surface area contributed by atoms with Crippen LogP contribution in [0.5, 0.6) is 0 Å². The molecule has 0 saturated heterocycles. The Morgan fingerprint density at radius 3 is 1.54 bits per heavy atom. The van der Waals surface area contributed by atoms with Crippen LogP contribution >= 0.6 is 58.0 Å². The number of carbonyl (C=O) groups is 1. The van der Waals surface area contributed by atoms with Gasteiger partial charge in [-0.05, 0) is 51.4 Å². The van der Waals surface area contributed by atoms with Gasteiger partial charge in [0.25, 0.3) is 0 Å². The van der Waals surface area contributed by atoms with Gasteiger partial charge in [-0.2, -0.15) is 0 Å². The Kier molecular flexibility index (Phi) is 18.6. The van der Waals surface area contributed by atoms with Gasteiger partial charge >= 0.3 is 5.97 Å². The van der Waals surface area contributed by atoms with Crippen molar-refractivity contribution in [3.8, 4) is 0 Å². The zero-order chi connectivity index (χ0) is 19.8. The molecule has 26 heavy (non-hydrogen) atoms. The molecule has 0 fully saturated rings. The molecule has 0 heterocycles. The monoisotopic (exact) mass is 468 g/mol. The maximum Gasteiger partial charge on any atom is 0.323 e. The average Bonchev–Trinajstić information content (AvgIpc) is 2.63. The summed E-state index contributed by atoms with van der Waals surface area (Å²) in [7, 11) is 1.34. The van der Waals surface area contributed by atoms with Crippen LogP contribution in [0.4, 0.5) is 0 Å². The Labute approximate surface area is 184 Å². The van der Waals surface area contributed by atoms with Crippen LogP contribution in [-0.2, 0) is 9.53 Å². The lowest BCUT2D eigenvalue weighted by Crippen LogP contribution is -2.17. The molecule has 0 rings (SSSR count). The van der Waals surface area contributed by atoms with E-state index >= 15 is 0 Å². The number of ether oxygens (including phenoxy) is 1. The molecule has 0 aliphatic heterocycles. The summed E-state index contributed by atoms with van der Waals surface area (Å²) in [5, 5.41) is -0.128. The summed E-state index contributed by atoms with van der Waals surface area (Å²) in [6.45, 7) is 0. The highest BCUT2D eigenvalue weighted by molar-refractivity contribution is 6.30. The zero-order valence-electron chi connectivity index (χ0n) is 15.7. The molecule has 4 atom stereocenters. The third kappa shape index (κ3) is 15.9. The minimum atomic E-state index is -0.598. The van der Waals surface area contributed by atoms with Crippen molar-refractivity contribution in [2.75, 3.05) is 13.0 Å². The third-order valence-electron chi connectivity index (χ3n) is 4.42. The minimum absolute atomic E-state index is 0.0534. The minimum Gasteiger partial charge on any atom is -0.468 e. The van der Waals surface area contributed by atoms with Gasteiger partial charge in [0, 0.05) is 22.0 Å². The van der Waals surface area contributed by atoms with Crippen molar-refractivity contribution in [3.05, 3.63) is 0 Å². The highest BCUT2D eigenvalue weighted by Gasteiger charge is 2.17. The Bertz CT molecular complexity index is 344. The number of halogens is 5. The van der Waals surface area contributed by atoms with E-state index in [1.165, 1.54) is 7.11 Å². The molecule has 0 aliphatic rings. The summed E-state index contributed by atoms with van der Waals surface area (Å²) >= 11 is 30.6. The lowest BCUT2D eigenvalue weighted by Gasteiger charge is -2.13. The Morgan fingerprint density at radius 1 is 0.692 bits per heavy atom. The van der Waals surface area contributed by atoms with Gasteiger partial charge in [-0.3, -0.25) is 4.79 Å². The fourth-order valence-electron chi connectivity index (χ4n) is 2.74. The summed E-state index contributed by atoms with van der Waals surface area (Å²) in [4.78, 5) is 11.2. The summed E-state index contributed by atoms with van der Waals surface area (Å²) in [6.07, 6.45) is 11.6. The second-order valence-corrected chi connectivity index (χ2v) is 9.52. The number of alkyl halides is 5. The number of esters is 1. The largest absolute Gasteiger partial charge is 0.468 e. The zero-order valence-corrected chi connectivity index (χ0v) is 19.5. The van der Waals surface area contributed by atoms with E-state index in [0.29, 0.717) is 12.3 Å². The van der Waals surface area contributed by atoms with E-state index in [-0.39, 0.29) is 22.1 Å². The Balaban J connectivity index is 3.56. The molecule has 0 bridgehead atoms. The summed E-state index contributed by atoms with van der Waals surface area (Å²) < 4.78 is 4.60. The van der Waals surface area contributed by atoms with Crippen molar-refractivity contribution >= 4 is 64.0 Å². The third-order valence-corrected chi connectivity index (χ3v) is 6.39. The van der Waals surface area contributed by atoms with Crippen LogP contribution in [0.1, 0.15) is 77.0 Å². The molecular formula is C19H33Cl5O2. The average molecular weight is 471 g/mol. The molecule has 0 radical (unpaired) electrons. The van der Waals surface area contributed by atoms with Gasteiger partial charge in [-0.25, -0.2) is 0 Å².